The number of aromatic nitrogens is 3. The number of thioether (sulfide) groups is 1. The molecule has 28 heavy (non-hydrogen) atoms. The Balaban J connectivity index is 1.54. The highest BCUT2D eigenvalue weighted by molar-refractivity contribution is 7.99. The van der Waals surface area contributed by atoms with Crippen molar-refractivity contribution in [2.24, 2.45) is 0 Å². The Morgan fingerprint density at radius 3 is 2.79 bits per heavy atom. The average molecular weight is 416 g/mol. The third kappa shape index (κ3) is 3.90. The number of carbonyl (C=O) groups is 1. The molecule has 9 heteroatoms. The Kier molecular flexibility index (Phi) is 5.36. The van der Waals surface area contributed by atoms with E-state index in [1.165, 1.54) is 22.2 Å². The number of rotatable bonds is 4. The molecule has 2 aromatic heterocycles. The summed E-state index contributed by atoms with van der Waals surface area (Å²) in [5.74, 6) is 1.87. The van der Waals surface area contributed by atoms with Gasteiger partial charge in [-0.1, -0.05) is 29.0 Å². The minimum atomic E-state index is -0.256. The van der Waals surface area contributed by atoms with Crippen LogP contribution in [0.5, 0.6) is 0 Å². The van der Waals surface area contributed by atoms with Crippen molar-refractivity contribution in [2.75, 3.05) is 34.8 Å². The second kappa shape index (κ2) is 7.92. The number of thiazole rings is 1. The molecule has 146 valence electrons. The predicted molar refractivity (Wildman–Crippen MR) is 116 cm³/mol. The summed E-state index contributed by atoms with van der Waals surface area (Å²) in [7, 11) is 0. The zero-order valence-corrected chi connectivity index (χ0v) is 17.4. The number of nitrogens with one attached hydrogen (secondary N) is 1. The van der Waals surface area contributed by atoms with Crippen LogP contribution in [-0.4, -0.2) is 45.0 Å². The topological polar surface area (TPSA) is 80.1 Å². The van der Waals surface area contributed by atoms with Gasteiger partial charge in [-0.2, -0.15) is 16.7 Å². The fourth-order valence-electron chi connectivity index (χ4n) is 3.14. The lowest BCUT2D eigenvalue weighted by Gasteiger charge is -2.25. The van der Waals surface area contributed by atoms with Crippen molar-refractivity contribution in [3.05, 3.63) is 46.0 Å². The Morgan fingerprint density at radius 2 is 2.04 bits per heavy atom. The van der Waals surface area contributed by atoms with Crippen LogP contribution in [-0.2, 0) is 11.3 Å². The van der Waals surface area contributed by atoms with Crippen molar-refractivity contribution in [2.45, 2.75) is 20.4 Å². The lowest BCUT2D eigenvalue weighted by atomic mass is 10.1. The molecule has 0 bridgehead atoms. The Morgan fingerprint density at radius 1 is 1.25 bits per heavy atom. The molecule has 1 aliphatic heterocycles. The molecule has 0 radical (unpaired) electrons. The van der Waals surface area contributed by atoms with Gasteiger partial charge in [0.25, 0.3) is 5.56 Å². The molecule has 7 nitrogen and oxygen atoms in total. The van der Waals surface area contributed by atoms with E-state index < -0.39 is 0 Å². The van der Waals surface area contributed by atoms with E-state index in [4.69, 9.17) is 0 Å². The smallest absolute Gasteiger partial charge is 0.273 e. The quantitative estimate of drug-likeness (QED) is 0.706. The molecule has 1 aromatic carbocycles. The molecular weight excluding hydrogens is 394 g/mol. The molecule has 1 N–H and O–H groups in total. The zero-order valence-electron chi connectivity index (χ0n) is 15.8. The first kappa shape index (κ1) is 18.9. The van der Waals surface area contributed by atoms with Gasteiger partial charge in [-0.25, -0.2) is 4.98 Å². The summed E-state index contributed by atoms with van der Waals surface area (Å²) >= 11 is 3.28. The van der Waals surface area contributed by atoms with Gasteiger partial charge < -0.3 is 10.2 Å². The number of hydrogen-bond donors (Lipinski definition) is 1. The van der Waals surface area contributed by atoms with Gasteiger partial charge in [0.05, 0.1) is 0 Å². The number of fused-ring (bicyclic) bond motifs is 1. The summed E-state index contributed by atoms with van der Waals surface area (Å²) in [6, 6.07) is 5.83. The van der Waals surface area contributed by atoms with Crippen LogP contribution in [0.3, 0.4) is 0 Å². The number of aryl methyl sites for hydroxylation is 2. The molecule has 0 atom stereocenters. The van der Waals surface area contributed by atoms with Crippen molar-refractivity contribution in [3.63, 3.8) is 0 Å². The van der Waals surface area contributed by atoms with Crippen LogP contribution in [0.1, 0.15) is 11.1 Å². The van der Waals surface area contributed by atoms with Crippen LogP contribution in [0.2, 0.25) is 0 Å². The second-order valence-electron chi connectivity index (χ2n) is 6.79. The lowest BCUT2D eigenvalue weighted by Crippen LogP contribution is -2.32. The number of nitrogens with zero attached hydrogens (tertiary/aromatic N) is 4. The van der Waals surface area contributed by atoms with Crippen LogP contribution in [0.4, 0.5) is 10.8 Å². The summed E-state index contributed by atoms with van der Waals surface area (Å²) < 4.78 is 1.84. The molecular formula is C19H21N5O2S2. The van der Waals surface area contributed by atoms with Gasteiger partial charge in [0, 0.05) is 30.3 Å². The zero-order chi connectivity index (χ0) is 19.7. The maximum absolute atomic E-state index is 12.8. The van der Waals surface area contributed by atoms with Crippen molar-refractivity contribution >= 4 is 50.2 Å². The van der Waals surface area contributed by atoms with Gasteiger partial charge in [-0.05, 0) is 25.5 Å². The standard InChI is InChI=1S/C19H21N5O2S2/c1-12-3-4-14(13(2)9-12)21-15(25)10-24-11-20-17-16(18(24)26)28-19(22-17)23-5-7-27-8-6-23/h3-4,9,11H,5-8,10H2,1-2H3,(H,21,25). The van der Waals surface area contributed by atoms with Gasteiger partial charge in [-0.3, -0.25) is 14.2 Å². The molecule has 1 amide bonds. The number of amides is 1. The van der Waals surface area contributed by atoms with Gasteiger partial charge in [-0.15, -0.1) is 0 Å². The van der Waals surface area contributed by atoms with Gasteiger partial charge >= 0.3 is 0 Å². The summed E-state index contributed by atoms with van der Waals surface area (Å²) in [6.45, 7) is 5.72. The number of carbonyl (C=O) groups excluding carboxylic acids is 1. The molecule has 0 spiro atoms. The van der Waals surface area contributed by atoms with Crippen molar-refractivity contribution < 1.29 is 4.79 Å². The minimum Gasteiger partial charge on any atom is -0.346 e. The minimum absolute atomic E-state index is 0.0807. The van der Waals surface area contributed by atoms with Crippen LogP contribution in [0.25, 0.3) is 10.3 Å². The van der Waals surface area contributed by atoms with Crippen LogP contribution in [0, 0.1) is 13.8 Å². The van der Waals surface area contributed by atoms with E-state index >= 15 is 0 Å². The van der Waals surface area contributed by atoms with Crippen LogP contribution >= 0.6 is 23.1 Å². The maximum Gasteiger partial charge on any atom is 0.273 e. The van der Waals surface area contributed by atoms with E-state index in [2.05, 4.69) is 20.2 Å². The fourth-order valence-corrected chi connectivity index (χ4v) is 5.06. The summed E-state index contributed by atoms with van der Waals surface area (Å²) in [5.41, 5.74) is 3.10. The highest BCUT2D eigenvalue weighted by atomic mass is 32.2. The summed E-state index contributed by atoms with van der Waals surface area (Å²) in [4.78, 5) is 36.3. The molecule has 0 aliphatic carbocycles. The van der Waals surface area contributed by atoms with Gasteiger partial charge in [0.2, 0.25) is 5.91 Å². The first-order valence-corrected chi connectivity index (χ1v) is 11.0. The molecule has 1 saturated heterocycles. The SMILES string of the molecule is Cc1ccc(NC(=O)Cn2cnc3nc(N4CCSCC4)sc3c2=O)c(C)c1. The molecule has 3 heterocycles. The first-order chi connectivity index (χ1) is 13.5. The molecule has 1 fully saturated rings. The van der Waals surface area contributed by atoms with Crippen molar-refractivity contribution in [1.29, 1.82) is 0 Å². The highest BCUT2D eigenvalue weighted by Gasteiger charge is 2.18. The largest absolute Gasteiger partial charge is 0.346 e. The van der Waals surface area contributed by atoms with Crippen LogP contribution < -0.4 is 15.8 Å². The number of hydrogen-bond acceptors (Lipinski definition) is 7. The number of anilines is 2. The summed E-state index contributed by atoms with van der Waals surface area (Å²) in [6.07, 6.45) is 1.40. The van der Waals surface area contributed by atoms with E-state index in [-0.39, 0.29) is 18.0 Å². The Hall–Kier alpha value is -2.39. The van der Waals surface area contributed by atoms with Gasteiger partial charge in [0.15, 0.2) is 10.8 Å². The monoisotopic (exact) mass is 415 g/mol. The highest BCUT2D eigenvalue weighted by Crippen LogP contribution is 2.27. The van der Waals surface area contributed by atoms with E-state index in [0.29, 0.717) is 10.3 Å². The van der Waals surface area contributed by atoms with E-state index in [0.717, 1.165) is 46.5 Å². The van der Waals surface area contributed by atoms with Crippen molar-refractivity contribution in [3.8, 4) is 0 Å². The normalized spacial score (nSPS) is 14.4. The molecule has 0 saturated carbocycles. The van der Waals surface area contributed by atoms with Crippen molar-refractivity contribution in [1.82, 2.24) is 14.5 Å². The van der Waals surface area contributed by atoms with Crippen LogP contribution in [0.15, 0.2) is 29.3 Å². The van der Waals surface area contributed by atoms with E-state index in [9.17, 15) is 9.59 Å². The van der Waals surface area contributed by atoms with E-state index in [1.807, 2.05) is 43.8 Å². The number of benzene rings is 1. The first-order valence-electron chi connectivity index (χ1n) is 9.07. The third-order valence-corrected chi connectivity index (χ3v) is 6.66. The fraction of sp³-hybridized carbons (Fsp3) is 0.368. The molecule has 0 unspecified atom stereocenters. The Labute approximate surface area is 170 Å². The molecule has 4 rings (SSSR count). The predicted octanol–water partition coefficient (Wildman–Crippen LogP) is 2.66. The molecule has 1 aliphatic rings. The van der Waals surface area contributed by atoms with E-state index in [1.54, 1.807) is 0 Å². The average Bonchev–Trinajstić information content (AvgIpc) is 3.12. The Bertz CT molecular complexity index is 1090. The maximum atomic E-state index is 12.8. The third-order valence-electron chi connectivity index (χ3n) is 4.62. The molecule has 3 aromatic rings. The lowest BCUT2D eigenvalue weighted by molar-refractivity contribution is -0.116. The second-order valence-corrected chi connectivity index (χ2v) is 9.00. The van der Waals surface area contributed by atoms with Gasteiger partial charge in [0.1, 0.15) is 17.6 Å². The summed E-state index contributed by atoms with van der Waals surface area (Å²) in [5, 5.41) is 3.70.